The quantitative estimate of drug-likeness (QED) is 0.247. The van der Waals surface area contributed by atoms with E-state index in [4.69, 9.17) is 14.4 Å². The van der Waals surface area contributed by atoms with E-state index in [1.54, 1.807) is 18.5 Å². The summed E-state index contributed by atoms with van der Waals surface area (Å²) in [5, 5.41) is 26.2. The van der Waals surface area contributed by atoms with E-state index in [1.165, 1.54) is 16.2 Å². The maximum Gasteiger partial charge on any atom is 0.303 e. The number of carboxylic acids is 1. The van der Waals surface area contributed by atoms with Crippen LogP contribution in [0.2, 0.25) is 0 Å². The number of β-amino-alcohol motifs (C(OH)–C–C–N with tert-alkyl or cyclic N) is 1. The van der Waals surface area contributed by atoms with E-state index < -0.39 is 24.0 Å². The topological polar surface area (TPSA) is 155 Å². The maximum atomic E-state index is 13.7. The summed E-state index contributed by atoms with van der Waals surface area (Å²) in [6, 6.07) is 6.62. The number of carbonyl (C=O) groups is 3. The van der Waals surface area contributed by atoms with Gasteiger partial charge in [-0.15, -0.1) is 11.3 Å². The molecule has 3 N–H and O–H groups in total. The lowest BCUT2D eigenvalue weighted by Gasteiger charge is -2.28. The molecule has 0 spiro atoms. The van der Waals surface area contributed by atoms with Crippen LogP contribution in [0.25, 0.3) is 10.4 Å². The van der Waals surface area contributed by atoms with Crippen LogP contribution in [0.4, 0.5) is 0 Å². The van der Waals surface area contributed by atoms with Crippen molar-refractivity contribution in [2.24, 2.45) is 5.92 Å². The number of nitrogens with zero attached hydrogens (tertiary/aromatic N) is 3. The molecule has 3 heterocycles. The lowest BCUT2D eigenvalue weighted by molar-refractivity contribution is -0.141. The zero-order chi connectivity index (χ0) is 30.4. The van der Waals surface area contributed by atoms with Crippen LogP contribution >= 0.6 is 11.3 Å². The van der Waals surface area contributed by atoms with Crippen molar-refractivity contribution >= 4 is 29.1 Å². The van der Waals surface area contributed by atoms with E-state index in [0.717, 1.165) is 21.7 Å². The first-order valence-electron chi connectivity index (χ1n) is 14.1. The number of aryl methyl sites for hydroxylation is 2. The molecule has 0 bridgehead atoms. The molecule has 1 aromatic carbocycles. The van der Waals surface area contributed by atoms with Gasteiger partial charge < -0.3 is 29.7 Å². The van der Waals surface area contributed by atoms with Crippen molar-refractivity contribution in [2.45, 2.75) is 78.0 Å². The molecule has 2 amide bonds. The third kappa shape index (κ3) is 7.54. The van der Waals surface area contributed by atoms with Crippen LogP contribution in [-0.4, -0.2) is 68.3 Å². The summed E-state index contributed by atoms with van der Waals surface area (Å²) in [4.78, 5) is 44.7. The Morgan fingerprint density at radius 3 is 2.64 bits per heavy atom. The molecule has 0 saturated carbocycles. The van der Waals surface area contributed by atoms with Gasteiger partial charge in [-0.05, 0) is 44.2 Å². The summed E-state index contributed by atoms with van der Waals surface area (Å²) in [6.07, 6.45) is 0.450. The molecule has 1 fully saturated rings. The molecule has 1 aliphatic heterocycles. The maximum absolute atomic E-state index is 13.7. The van der Waals surface area contributed by atoms with Crippen LogP contribution in [0.3, 0.4) is 0 Å². The van der Waals surface area contributed by atoms with Crippen molar-refractivity contribution in [3.8, 4) is 16.2 Å². The lowest BCUT2D eigenvalue weighted by atomic mass is 9.91. The molecule has 1 saturated heterocycles. The number of carboxylic acid groups (broad SMARTS) is 1. The van der Waals surface area contributed by atoms with Crippen LogP contribution in [-0.2, 0) is 20.9 Å². The molecule has 12 heteroatoms. The first-order valence-corrected chi connectivity index (χ1v) is 15.0. The number of likely N-dealkylation sites (tertiary alicyclic amines) is 1. The number of hydrogen-bond acceptors (Lipinski definition) is 9. The summed E-state index contributed by atoms with van der Waals surface area (Å²) >= 11 is 1.52. The Morgan fingerprint density at radius 2 is 2.00 bits per heavy atom. The number of hydrogen-bond donors (Lipinski definition) is 3. The Balaban J connectivity index is 1.48. The third-order valence-corrected chi connectivity index (χ3v) is 8.30. The fourth-order valence-corrected chi connectivity index (χ4v) is 5.97. The molecule has 2 aromatic heterocycles. The molecule has 1 aliphatic rings. The molecule has 3 atom stereocenters. The summed E-state index contributed by atoms with van der Waals surface area (Å²) in [5.74, 6) is -1.22. The highest BCUT2D eigenvalue weighted by Crippen LogP contribution is 2.33. The first-order chi connectivity index (χ1) is 20.0. The normalized spacial score (nSPS) is 17.4. The zero-order valence-electron chi connectivity index (χ0n) is 24.3. The Morgan fingerprint density at radius 1 is 1.21 bits per heavy atom. The Hall–Kier alpha value is -3.77. The molecule has 42 heavy (non-hydrogen) atoms. The fraction of sp³-hybridized carbons (Fsp3) is 0.500. The van der Waals surface area contributed by atoms with E-state index >= 15 is 0 Å². The number of aliphatic hydroxyl groups is 1. The van der Waals surface area contributed by atoms with Crippen LogP contribution in [0, 0.1) is 19.8 Å². The van der Waals surface area contributed by atoms with E-state index in [1.807, 2.05) is 39.0 Å². The number of amides is 2. The largest absolute Gasteiger partial charge is 0.493 e. The molecule has 226 valence electrons. The number of aromatic nitrogens is 2. The number of nitrogens with one attached hydrogen (secondary N) is 1. The Labute approximate surface area is 248 Å². The molecule has 0 aliphatic carbocycles. The number of benzene rings is 1. The summed E-state index contributed by atoms with van der Waals surface area (Å²) in [5.41, 5.74) is 5.01. The van der Waals surface area contributed by atoms with Crippen LogP contribution < -0.4 is 10.1 Å². The monoisotopic (exact) mass is 598 g/mol. The van der Waals surface area contributed by atoms with E-state index in [-0.39, 0.29) is 43.7 Å². The fourth-order valence-electron chi connectivity index (χ4n) is 5.17. The number of ether oxygens (including phenoxy) is 1. The van der Waals surface area contributed by atoms with Crippen LogP contribution in [0.15, 0.2) is 34.3 Å². The summed E-state index contributed by atoms with van der Waals surface area (Å²) < 4.78 is 11.5. The minimum absolute atomic E-state index is 0.0564. The van der Waals surface area contributed by atoms with Crippen molar-refractivity contribution < 1.29 is 33.9 Å². The van der Waals surface area contributed by atoms with Crippen LogP contribution in [0.5, 0.6) is 5.75 Å². The minimum Gasteiger partial charge on any atom is -0.493 e. The summed E-state index contributed by atoms with van der Waals surface area (Å²) in [6.45, 7) is 8.06. The lowest BCUT2D eigenvalue weighted by Crippen LogP contribution is -2.48. The van der Waals surface area contributed by atoms with Crippen LogP contribution in [0.1, 0.15) is 68.2 Å². The van der Waals surface area contributed by atoms with Crippen molar-refractivity contribution in [3.63, 3.8) is 0 Å². The molecular formula is C30H38N4O7S. The van der Waals surface area contributed by atoms with Gasteiger partial charge in [-0.25, -0.2) is 4.98 Å². The predicted octanol–water partition coefficient (Wildman–Crippen LogP) is 4.07. The van der Waals surface area contributed by atoms with Gasteiger partial charge in [0.15, 0.2) is 0 Å². The van der Waals surface area contributed by atoms with Gasteiger partial charge >= 0.3 is 5.97 Å². The number of carbonyl (C=O) groups excluding carboxylic acids is 2. The second kappa shape index (κ2) is 13.9. The SMILES string of the molecule is Cc1cc(C(C(=O)N2C[C@H](O)C[C@H]2C(=O)NCc2ccc(-c3scnc3C)cc2OCCCCC(=O)O)C(C)C)on1. The Bertz CT molecular complexity index is 1400. The van der Waals surface area contributed by atoms with E-state index in [9.17, 15) is 19.5 Å². The first kappa shape index (κ1) is 31.2. The van der Waals surface area contributed by atoms with Crippen molar-refractivity contribution in [2.75, 3.05) is 13.2 Å². The number of thiazole rings is 1. The molecule has 4 rings (SSSR count). The average molecular weight is 599 g/mol. The third-order valence-electron chi connectivity index (χ3n) is 7.32. The Kier molecular flexibility index (Phi) is 10.3. The highest BCUT2D eigenvalue weighted by molar-refractivity contribution is 7.13. The van der Waals surface area contributed by atoms with Gasteiger partial charge in [0.05, 0.1) is 34.5 Å². The van der Waals surface area contributed by atoms with Gasteiger partial charge in [0.1, 0.15) is 23.5 Å². The van der Waals surface area contributed by atoms with Crippen molar-refractivity contribution in [3.05, 3.63) is 52.5 Å². The number of aliphatic carboxylic acids is 1. The highest BCUT2D eigenvalue weighted by atomic mass is 32.1. The van der Waals surface area contributed by atoms with Crippen molar-refractivity contribution in [1.29, 1.82) is 0 Å². The average Bonchev–Trinajstić information content (AvgIpc) is 3.67. The number of unbranched alkanes of at least 4 members (excludes halogenated alkanes) is 1. The second-order valence-electron chi connectivity index (χ2n) is 11.0. The van der Waals surface area contributed by atoms with Gasteiger partial charge in [0.2, 0.25) is 11.8 Å². The second-order valence-corrected chi connectivity index (χ2v) is 11.8. The number of rotatable bonds is 13. The molecule has 3 aromatic rings. The smallest absolute Gasteiger partial charge is 0.303 e. The predicted molar refractivity (Wildman–Crippen MR) is 156 cm³/mol. The van der Waals surface area contributed by atoms with Gasteiger partial charge in [0, 0.05) is 37.6 Å². The zero-order valence-corrected chi connectivity index (χ0v) is 25.1. The van der Waals surface area contributed by atoms with Gasteiger partial charge in [-0.1, -0.05) is 31.1 Å². The van der Waals surface area contributed by atoms with Gasteiger partial charge in [0.25, 0.3) is 0 Å². The van der Waals surface area contributed by atoms with Gasteiger partial charge in [-0.2, -0.15) is 0 Å². The standard InChI is InChI=1S/C30H38N4O7S/c1-17(2)27(25-11-18(3)33-41-25)30(39)34-15-22(35)13-23(34)29(38)31-14-21-9-8-20(28-19(4)32-16-42-28)12-24(21)40-10-6-5-7-26(36)37/h8-9,11-12,16-17,22-23,27,35H,5-7,10,13-15H2,1-4H3,(H,31,38)(H,36,37)/t22-,23+,27?/m1/s1. The van der Waals surface area contributed by atoms with Crippen molar-refractivity contribution in [1.82, 2.24) is 20.4 Å². The minimum atomic E-state index is -0.846. The molecule has 0 radical (unpaired) electrons. The molecular weight excluding hydrogens is 560 g/mol. The van der Waals surface area contributed by atoms with Gasteiger partial charge in [-0.3, -0.25) is 14.4 Å². The van der Waals surface area contributed by atoms with E-state index in [0.29, 0.717) is 36.7 Å². The highest BCUT2D eigenvalue weighted by Gasteiger charge is 2.43. The van der Waals surface area contributed by atoms with E-state index in [2.05, 4.69) is 15.5 Å². The summed E-state index contributed by atoms with van der Waals surface area (Å²) in [7, 11) is 0. The number of aliphatic hydroxyl groups excluding tert-OH is 1. The molecule has 11 nitrogen and oxygen atoms in total. The molecule has 1 unspecified atom stereocenters.